The van der Waals surface area contributed by atoms with Crippen molar-refractivity contribution in [1.29, 1.82) is 0 Å². The molecule has 0 fully saturated rings. The highest BCUT2D eigenvalue weighted by Crippen LogP contribution is 2.17. The number of allylic oxidation sites excluding steroid dienone is 1. The second-order valence-corrected chi connectivity index (χ2v) is 5.22. The van der Waals surface area contributed by atoms with Crippen LogP contribution in [0.2, 0.25) is 0 Å². The molecular weight excluding hydrogens is 242 g/mol. The number of carbonyl (C=O) groups is 1. The van der Waals surface area contributed by atoms with Crippen LogP contribution in [0.15, 0.2) is 29.8 Å². The third kappa shape index (κ3) is 2.74. The van der Waals surface area contributed by atoms with Crippen molar-refractivity contribution >= 4 is 23.2 Å². The standard InChI is InChI=1S/C15H15NOS/c1-10-6-7-18-15(10)14(17)5-4-13-8-11(2)12(3)16-9-13/h4-9H,1-3H3/b5-4+. The normalized spacial score (nSPS) is 11.1. The number of ketones is 1. The van der Waals surface area contributed by atoms with Gasteiger partial charge in [0, 0.05) is 11.9 Å². The van der Waals surface area contributed by atoms with Crippen molar-refractivity contribution < 1.29 is 4.79 Å². The molecule has 18 heavy (non-hydrogen) atoms. The third-order valence-corrected chi connectivity index (χ3v) is 3.91. The molecule has 0 amide bonds. The fraction of sp³-hybridized carbons (Fsp3) is 0.200. The van der Waals surface area contributed by atoms with E-state index < -0.39 is 0 Å². The van der Waals surface area contributed by atoms with E-state index in [4.69, 9.17) is 0 Å². The van der Waals surface area contributed by atoms with Crippen LogP contribution < -0.4 is 0 Å². The molecule has 2 aromatic rings. The molecule has 0 aliphatic carbocycles. The first-order valence-electron chi connectivity index (χ1n) is 5.77. The third-order valence-electron chi connectivity index (χ3n) is 2.87. The molecule has 0 saturated carbocycles. The Hall–Kier alpha value is -1.74. The number of rotatable bonds is 3. The Kier molecular flexibility index (Phi) is 3.72. The monoisotopic (exact) mass is 257 g/mol. The van der Waals surface area contributed by atoms with Crippen molar-refractivity contribution in [1.82, 2.24) is 4.98 Å². The van der Waals surface area contributed by atoms with Gasteiger partial charge in [-0.05, 0) is 67.1 Å². The maximum atomic E-state index is 12.0. The molecule has 2 aromatic heterocycles. The predicted octanol–water partition coefficient (Wildman–Crippen LogP) is 3.96. The molecule has 0 aliphatic heterocycles. The average Bonchev–Trinajstić information content (AvgIpc) is 2.77. The van der Waals surface area contributed by atoms with Crippen molar-refractivity contribution in [2.45, 2.75) is 20.8 Å². The molecule has 3 heteroatoms. The summed E-state index contributed by atoms with van der Waals surface area (Å²) >= 11 is 1.48. The maximum Gasteiger partial charge on any atom is 0.196 e. The first kappa shape index (κ1) is 12.7. The summed E-state index contributed by atoms with van der Waals surface area (Å²) in [6.45, 7) is 5.95. The Bertz CT molecular complexity index is 611. The van der Waals surface area contributed by atoms with Crippen molar-refractivity contribution in [2.24, 2.45) is 0 Å². The summed E-state index contributed by atoms with van der Waals surface area (Å²) in [6.07, 6.45) is 5.22. The molecule has 2 nitrogen and oxygen atoms in total. The van der Waals surface area contributed by atoms with E-state index >= 15 is 0 Å². The lowest BCUT2D eigenvalue weighted by Gasteiger charge is -1.99. The molecule has 0 unspecified atom stereocenters. The average molecular weight is 257 g/mol. The van der Waals surface area contributed by atoms with Gasteiger partial charge in [-0.15, -0.1) is 11.3 Å². The lowest BCUT2D eigenvalue weighted by molar-refractivity contribution is 0.105. The van der Waals surface area contributed by atoms with Crippen LogP contribution in [-0.2, 0) is 0 Å². The van der Waals surface area contributed by atoms with Crippen LogP contribution in [0.4, 0.5) is 0 Å². The van der Waals surface area contributed by atoms with Gasteiger partial charge in [-0.25, -0.2) is 0 Å². The Balaban J connectivity index is 2.18. The van der Waals surface area contributed by atoms with Crippen LogP contribution in [0.25, 0.3) is 6.08 Å². The molecular formula is C15H15NOS. The van der Waals surface area contributed by atoms with Crippen molar-refractivity contribution in [2.75, 3.05) is 0 Å². The van der Waals surface area contributed by atoms with E-state index in [0.29, 0.717) is 0 Å². The fourth-order valence-electron chi connectivity index (χ4n) is 1.63. The highest BCUT2D eigenvalue weighted by molar-refractivity contribution is 7.12. The van der Waals surface area contributed by atoms with Gasteiger partial charge in [0.15, 0.2) is 5.78 Å². The molecule has 0 aromatic carbocycles. The zero-order valence-electron chi connectivity index (χ0n) is 10.7. The molecule has 2 rings (SSSR count). The van der Waals surface area contributed by atoms with Gasteiger partial charge in [0.2, 0.25) is 0 Å². The van der Waals surface area contributed by atoms with Crippen molar-refractivity contribution in [3.8, 4) is 0 Å². The molecule has 0 bridgehead atoms. The van der Waals surface area contributed by atoms with Gasteiger partial charge in [-0.2, -0.15) is 0 Å². The van der Waals surface area contributed by atoms with Crippen molar-refractivity contribution in [3.63, 3.8) is 0 Å². The summed E-state index contributed by atoms with van der Waals surface area (Å²) in [4.78, 5) is 17.0. The zero-order valence-corrected chi connectivity index (χ0v) is 11.5. The van der Waals surface area contributed by atoms with E-state index in [9.17, 15) is 4.79 Å². The minimum atomic E-state index is 0.0562. The summed E-state index contributed by atoms with van der Waals surface area (Å²) in [5.41, 5.74) is 4.15. The zero-order chi connectivity index (χ0) is 13.1. The number of carbonyl (C=O) groups excluding carboxylic acids is 1. The molecule has 92 valence electrons. The number of hydrogen-bond donors (Lipinski definition) is 0. The Labute approximate surface area is 111 Å². The lowest BCUT2D eigenvalue weighted by atomic mass is 10.1. The summed E-state index contributed by atoms with van der Waals surface area (Å²) < 4.78 is 0. The molecule has 0 aliphatic rings. The van der Waals surface area contributed by atoms with Crippen LogP contribution in [0, 0.1) is 20.8 Å². The number of aryl methyl sites for hydroxylation is 3. The lowest BCUT2D eigenvalue weighted by Crippen LogP contribution is -1.93. The van der Waals surface area contributed by atoms with Crippen LogP contribution in [0.1, 0.15) is 32.1 Å². The first-order valence-corrected chi connectivity index (χ1v) is 6.65. The molecule has 0 N–H and O–H groups in total. The predicted molar refractivity (Wildman–Crippen MR) is 76.1 cm³/mol. The minimum absolute atomic E-state index is 0.0562. The second-order valence-electron chi connectivity index (χ2n) is 4.30. The van der Waals surface area contributed by atoms with Gasteiger partial charge >= 0.3 is 0 Å². The van der Waals surface area contributed by atoms with E-state index in [-0.39, 0.29) is 5.78 Å². The summed E-state index contributed by atoms with van der Waals surface area (Å²) in [5.74, 6) is 0.0562. The van der Waals surface area contributed by atoms with E-state index in [1.165, 1.54) is 11.3 Å². The smallest absolute Gasteiger partial charge is 0.196 e. The van der Waals surface area contributed by atoms with Gasteiger partial charge in [0.25, 0.3) is 0 Å². The first-order chi connectivity index (χ1) is 8.58. The van der Waals surface area contributed by atoms with Gasteiger partial charge in [-0.3, -0.25) is 9.78 Å². The van der Waals surface area contributed by atoms with Gasteiger partial charge in [0.05, 0.1) is 4.88 Å². The van der Waals surface area contributed by atoms with E-state index in [0.717, 1.165) is 27.3 Å². The molecule has 0 spiro atoms. The Morgan fingerprint density at radius 1 is 1.28 bits per heavy atom. The maximum absolute atomic E-state index is 12.0. The van der Waals surface area contributed by atoms with Crippen LogP contribution in [0.3, 0.4) is 0 Å². The summed E-state index contributed by atoms with van der Waals surface area (Å²) in [6, 6.07) is 4.00. The largest absolute Gasteiger partial charge is 0.288 e. The van der Waals surface area contributed by atoms with Crippen LogP contribution in [0.5, 0.6) is 0 Å². The van der Waals surface area contributed by atoms with E-state index in [2.05, 4.69) is 4.98 Å². The SMILES string of the molecule is Cc1cc(/C=C/C(=O)c2sccc2C)cnc1C. The van der Waals surface area contributed by atoms with Crippen LogP contribution >= 0.6 is 11.3 Å². The number of hydrogen-bond acceptors (Lipinski definition) is 3. The van der Waals surface area contributed by atoms with Gasteiger partial charge in [0.1, 0.15) is 0 Å². The number of aromatic nitrogens is 1. The quantitative estimate of drug-likeness (QED) is 0.615. The fourth-order valence-corrected chi connectivity index (χ4v) is 2.48. The minimum Gasteiger partial charge on any atom is -0.288 e. The van der Waals surface area contributed by atoms with Gasteiger partial charge in [-0.1, -0.05) is 0 Å². The molecule has 2 heterocycles. The molecule has 0 atom stereocenters. The Morgan fingerprint density at radius 3 is 2.67 bits per heavy atom. The van der Waals surface area contributed by atoms with Crippen molar-refractivity contribution in [3.05, 3.63) is 57.0 Å². The van der Waals surface area contributed by atoms with E-state index in [1.54, 1.807) is 12.3 Å². The van der Waals surface area contributed by atoms with Crippen LogP contribution in [-0.4, -0.2) is 10.8 Å². The second kappa shape index (κ2) is 5.27. The highest BCUT2D eigenvalue weighted by Gasteiger charge is 2.06. The highest BCUT2D eigenvalue weighted by atomic mass is 32.1. The number of pyridine rings is 1. The number of thiophene rings is 1. The summed E-state index contributed by atoms with van der Waals surface area (Å²) in [7, 11) is 0. The molecule has 0 saturated heterocycles. The number of nitrogens with zero attached hydrogens (tertiary/aromatic N) is 1. The molecule has 0 radical (unpaired) electrons. The van der Waals surface area contributed by atoms with Gasteiger partial charge < -0.3 is 0 Å². The van der Waals surface area contributed by atoms with E-state index in [1.807, 2.05) is 44.4 Å². The topological polar surface area (TPSA) is 30.0 Å². The summed E-state index contributed by atoms with van der Waals surface area (Å²) in [5, 5.41) is 1.94. The Morgan fingerprint density at radius 2 is 2.06 bits per heavy atom.